The Morgan fingerprint density at radius 1 is 0.923 bits per heavy atom. The third kappa shape index (κ3) is 3.24. The molecule has 0 saturated carbocycles. The van der Waals surface area contributed by atoms with Gasteiger partial charge in [0.1, 0.15) is 0 Å². The predicted molar refractivity (Wildman–Crippen MR) is 103 cm³/mol. The van der Waals surface area contributed by atoms with Crippen molar-refractivity contribution in [1.29, 1.82) is 0 Å². The van der Waals surface area contributed by atoms with Crippen molar-refractivity contribution >= 4 is 34.1 Å². The fourth-order valence-electron chi connectivity index (χ4n) is 3.34. The minimum absolute atomic E-state index is 0.0201. The van der Waals surface area contributed by atoms with Gasteiger partial charge in [0.05, 0.1) is 11.7 Å². The Labute approximate surface area is 151 Å². The molecule has 26 heavy (non-hydrogen) atoms. The van der Waals surface area contributed by atoms with Crippen molar-refractivity contribution in [1.82, 2.24) is 5.32 Å². The molecule has 0 aromatic heterocycles. The zero-order chi connectivity index (χ0) is 17.9. The number of urea groups is 1. The van der Waals surface area contributed by atoms with Gasteiger partial charge in [-0.2, -0.15) is 0 Å². The van der Waals surface area contributed by atoms with E-state index in [4.69, 9.17) is 0 Å². The van der Waals surface area contributed by atoms with Crippen LogP contribution in [0.3, 0.4) is 0 Å². The second-order valence-corrected chi connectivity index (χ2v) is 6.37. The smallest absolute Gasteiger partial charge is 0.319 e. The van der Waals surface area contributed by atoms with Crippen LogP contribution in [0.1, 0.15) is 6.42 Å². The summed E-state index contributed by atoms with van der Waals surface area (Å²) in [6, 6.07) is 22.7. The molecular formula is C21H19N3O2. The lowest BCUT2D eigenvalue weighted by Gasteiger charge is -2.17. The number of nitrogens with one attached hydrogen (secondary N) is 2. The van der Waals surface area contributed by atoms with Crippen LogP contribution in [-0.2, 0) is 4.79 Å². The molecule has 130 valence electrons. The molecule has 1 heterocycles. The first-order valence-corrected chi connectivity index (χ1v) is 8.61. The number of hydrogen-bond donors (Lipinski definition) is 2. The van der Waals surface area contributed by atoms with Crippen LogP contribution in [0.25, 0.3) is 10.8 Å². The largest absolute Gasteiger partial charge is 0.333 e. The van der Waals surface area contributed by atoms with Crippen molar-refractivity contribution in [3.63, 3.8) is 0 Å². The monoisotopic (exact) mass is 345 g/mol. The first kappa shape index (κ1) is 16.1. The highest BCUT2D eigenvalue weighted by atomic mass is 16.2. The number of benzene rings is 3. The predicted octanol–water partition coefficient (Wildman–Crippen LogP) is 3.77. The highest BCUT2D eigenvalue weighted by Gasteiger charge is 2.31. The Bertz CT molecular complexity index is 950. The van der Waals surface area contributed by atoms with Gasteiger partial charge in [0.15, 0.2) is 0 Å². The zero-order valence-corrected chi connectivity index (χ0v) is 14.2. The number of rotatable bonds is 3. The van der Waals surface area contributed by atoms with Crippen LogP contribution in [0.4, 0.5) is 16.2 Å². The first-order chi connectivity index (χ1) is 12.7. The number of anilines is 2. The van der Waals surface area contributed by atoms with Gasteiger partial charge in [-0.15, -0.1) is 0 Å². The molecule has 3 aromatic carbocycles. The Morgan fingerprint density at radius 3 is 2.50 bits per heavy atom. The van der Waals surface area contributed by atoms with Gasteiger partial charge in [-0.05, 0) is 23.6 Å². The minimum Gasteiger partial charge on any atom is -0.333 e. The van der Waals surface area contributed by atoms with E-state index in [1.54, 1.807) is 4.90 Å². The third-order valence-electron chi connectivity index (χ3n) is 4.57. The van der Waals surface area contributed by atoms with Crippen LogP contribution in [0, 0.1) is 0 Å². The molecule has 1 aliphatic rings. The van der Waals surface area contributed by atoms with Gasteiger partial charge < -0.3 is 15.5 Å². The van der Waals surface area contributed by atoms with E-state index in [0.717, 1.165) is 22.1 Å². The number of carbonyl (C=O) groups is 2. The number of nitrogens with zero attached hydrogens (tertiary/aromatic N) is 1. The van der Waals surface area contributed by atoms with E-state index in [0.29, 0.717) is 13.0 Å². The van der Waals surface area contributed by atoms with Crippen LogP contribution >= 0.6 is 0 Å². The summed E-state index contributed by atoms with van der Waals surface area (Å²) in [7, 11) is 0. The summed E-state index contributed by atoms with van der Waals surface area (Å²) in [6.07, 6.45) is 0.303. The lowest BCUT2D eigenvalue weighted by atomic mass is 10.1. The molecule has 0 spiro atoms. The van der Waals surface area contributed by atoms with Crippen molar-refractivity contribution in [2.75, 3.05) is 16.8 Å². The van der Waals surface area contributed by atoms with Crippen LogP contribution in [0.15, 0.2) is 72.8 Å². The molecule has 4 rings (SSSR count). The average Bonchev–Trinajstić information content (AvgIpc) is 3.03. The number of amides is 3. The van der Waals surface area contributed by atoms with Crippen molar-refractivity contribution in [3.05, 3.63) is 72.8 Å². The SMILES string of the molecule is O=C(Nc1cccc2ccccc12)N[C@H]1CC(=O)N(c2ccccc2)C1. The van der Waals surface area contributed by atoms with Crippen molar-refractivity contribution in [3.8, 4) is 0 Å². The van der Waals surface area contributed by atoms with Crippen LogP contribution in [-0.4, -0.2) is 24.5 Å². The lowest BCUT2D eigenvalue weighted by molar-refractivity contribution is -0.117. The molecular weight excluding hydrogens is 326 g/mol. The van der Waals surface area contributed by atoms with E-state index in [2.05, 4.69) is 10.6 Å². The summed E-state index contributed by atoms with van der Waals surface area (Å²) >= 11 is 0. The normalized spacial score (nSPS) is 16.7. The van der Waals surface area contributed by atoms with Gasteiger partial charge in [-0.3, -0.25) is 4.79 Å². The molecule has 0 unspecified atom stereocenters. The highest BCUT2D eigenvalue weighted by Crippen LogP contribution is 2.24. The number of hydrogen-bond acceptors (Lipinski definition) is 2. The maximum atomic E-state index is 12.4. The lowest BCUT2D eigenvalue weighted by Crippen LogP contribution is -2.39. The summed E-state index contributed by atoms with van der Waals surface area (Å²) in [4.78, 5) is 26.4. The van der Waals surface area contributed by atoms with Crippen molar-refractivity contribution in [2.45, 2.75) is 12.5 Å². The Hall–Kier alpha value is -3.34. The van der Waals surface area contributed by atoms with Crippen molar-refractivity contribution < 1.29 is 9.59 Å². The number of carbonyl (C=O) groups excluding carboxylic acids is 2. The van der Waals surface area contributed by atoms with Crippen LogP contribution < -0.4 is 15.5 Å². The Morgan fingerprint density at radius 2 is 1.65 bits per heavy atom. The van der Waals surface area contributed by atoms with E-state index < -0.39 is 0 Å². The molecule has 0 radical (unpaired) electrons. The minimum atomic E-state index is -0.297. The van der Waals surface area contributed by atoms with Gasteiger partial charge in [0.2, 0.25) is 5.91 Å². The molecule has 3 aromatic rings. The van der Waals surface area contributed by atoms with Gasteiger partial charge in [-0.25, -0.2) is 4.79 Å². The summed E-state index contributed by atoms with van der Waals surface area (Å²) in [6.45, 7) is 0.478. The molecule has 5 heteroatoms. The van der Waals surface area contributed by atoms with Crippen LogP contribution in [0.2, 0.25) is 0 Å². The maximum absolute atomic E-state index is 12.4. The van der Waals surface area contributed by atoms with Crippen LogP contribution in [0.5, 0.6) is 0 Å². The van der Waals surface area contributed by atoms with E-state index >= 15 is 0 Å². The number of fused-ring (bicyclic) bond motifs is 1. The zero-order valence-electron chi connectivity index (χ0n) is 14.2. The summed E-state index contributed by atoms with van der Waals surface area (Å²) in [5, 5.41) is 7.86. The quantitative estimate of drug-likeness (QED) is 0.759. The molecule has 2 N–H and O–H groups in total. The standard InChI is InChI=1S/C21H19N3O2/c25-20-13-16(14-24(20)17-9-2-1-3-10-17)22-21(26)23-19-12-6-8-15-7-4-5-11-18(15)19/h1-12,16H,13-14H2,(H2,22,23,26)/t16-/m0/s1. The number of para-hydroxylation sites is 1. The molecule has 1 fully saturated rings. The third-order valence-corrected chi connectivity index (χ3v) is 4.57. The van der Waals surface area contributed by atoms with E-state index in [9.17, 15) is 9.59 Å². The summed E-state index contributed by atoms with van der Waals surface area (Å²) < 4.78 is 0. The highest BCUT2D eigenvalue weighted by molar-refractivity contribution is 6.02. The summed E-state index contributed by atoms with van der Waals surface area (Å²) in [5.74, 6) is 0.0201. The topological polar surface area (TPSA) is 61.4 Å². The molecule has 5 nitrogen and oxygen atoms in total. The molecule has 0 aliphatic carbocycles. The van der Waals surface area contributed by atoms with Gasteiger partial charge in [0.25, 0.3) is 0 Å². The fraction of sp³-hybridized carbons (Fsp3) is 0.143. The van der Waals surface area contributed by atoms with E-state index in [-0.39, 0.29) is 18.0 Å². The average molecular weight is 345 g/mol. The fourth-order valence-corrected chi connectivity index (χ4v) is 3.34. The van der Waals surface area contributed by atoms with Gasteiger partial charge >= 0.3 is 6.03 Å². The van der Waals surface area contributed by atoms with Crippen molar-refractivity contribution in [2.24, 2.45) is 0 Å². The summed E-state index contributed by atoms with van der Waals surface area (Å²) in [5.41, 5.74) is 1.61. The van der Waals surface area contributed by atoms with E-state index in [1.807, 2.05) is 72.8 Å². The van der Waals surface area contributed by atoms with E-state index in [1.165, 1.54) is 0 Å². The maximum Gasteiger partial charge on any atom is 0.319 e. The second kappa shape index (κ2) is 6.88. The first-order valence-electron chi connectivity index (χ1n) is 8.61. The van der Waals surface area contributed by atoms with Gasteiger partial charge in [-0.1, -0.05) is 54.6 Å². The molecule has 1 aliphatic heterocycles. The van der Waals surface area contributed by atoms with Gasteiger partial charge in [0, 0.05) is 24.0 Å². The Kier molecular flexibility index (Phi) is 4.27. The molecule has 1 saturated heterocycles. The molecule has 3 amide bonds. The molecule has 1 atom stereocenters. The molecule has 0 bridgehead atoms. The Balaban J connectivity index is 1.43. The second-order valence-electron chi connectivity index (χ2n) is 6.37.